The second-order valence-electron chi connectivity index (χ2n) is 5.87. The number of para-hydroxylation sites is 2. The van der Waals surface area contributed by atoms with Gasteiger partial charge in [0.05, 0.1) is 5.69 Å². The molecule has 5 nitrogen and oxygen atoms in total. The summed E-state index contributed by atoms with van der Waals surface area (Å²) in [5.41, 5.74) is 1.73. The van der Waals surface area contributed by atoms with E-state index < -0.39 is 6.10 Å². The number of hydrogen-bond donors (Lipinski definition) is 1. The highest BCUT2D eigenvalue weighted by Crippen LogP contribution is 2.33. The van der Waals surface area contributed by atoms with E-state index in [0.717, 1.165) is 10.0 Å². The van der Waals surface area contributed by atoms with Gasteiger partial charge in [0.15, 0.2) is 6.10 Å². The number of fused-ring (bicyclic) bond motifs is 1. The van der Waals surface area contributed by atoms with Gasteiger partial charge in [-0.2, -0.15) is 0 Å². The van der Waals surface area contributed by atoms with Crippen LogP contribution >= 0.6 is 15.9 Å². The number of ether oxygens (including phenoxy) is 1. The minimum atomic E-state index is -0.542. The molecule has 0 aliphatic carbocycles. The lowest BCUT2D eigenvalue weighted by Crippen LogP contribution is -2.45. The molecular formula is C19H19BrN2O3. The van der Waals surface area contributed by atoms with Gasteiger partial charge in [-0.05, 0) is 36.8 Å². The predicted molar refractivity (Wildman–Crippen MR) is 99.5 cm³/mol. The summed E-state index contributed by atoms with van der Waals surface area (Å²) in [5, 5.41) is 2.89. The van der Waals surface area contributed by atoms with Crippen LogP contribution in [0, 0.1) is 0 Å². The van der Waals surface area contributed by atoms with Gasteiger partial charge >= 0.3 is 0 Å². The van der Waals surface area contributed by atoms with Gasteiger partial charge in [0.1, 0.15) is 5.75 Å². The Morgan fingerprint density at radius 3 is 2.84 bits per heavy atom. The summed E-state index contributed by atoms with van der Waals surface area (Å²) in [6, 6.07) is 15.2. The van der Waals surface area contributed by atoms with Crippen LogP contribution < -0.4 is 15.0 Å². The summed E-state index contributed by atoms with van der Waals surface area (Å²) in [6.45, 7) is 2.51. The Balaban J connectivity index is 1.59. The number of nitrogens with one attached hydrogen (secondary N) is 1. The molecule has 0 spiro atoms. The van der Waals surface area contributed by atoms with Crippen molar-refractivity contribution in [1.82, 2.24) is 5.32 Å². The molecule has 0 aromatic heterocycles. The molecule has 1 atom stereocenters. The maximum absolute atomic E-state index is 12.4. The van der Waals surface area contributed by atoms with Crippen LogP contribution in [0.5, 0.6) is 5.75 Å². The number of anilines is 1. The summed E-state index contributed by atoms with van der Waals surface area (Å²) in [7, 11) is 0. The fourth-order valence-electron chi connectivity index (χ4n) is 2.74. The summed E-state index contributed by atoms with van der Waals surface area (Å²) in [5.74, 6) is 0.451. The third-order valence-electron chi connectivity index (χ3n) is 4.01. The van der Waals surface area contributed by atoms with Crippen LogP contribution in [-0.2, 0) is 16.1 Å². The zero-order chi connectivity index (χ0) is 17.8. The van der Waals surface area contributed by atoms with Gasteiger partial charge in [0, 0.05) is 24.0 Å². The number of carbonyl (C=O) groups excluding carboxylic acids is 2. The highest BCUT2D eigenvalue weighted by Gasteiger charge is 2.31. The molecule has 0 radical (unpaired) electrons. The van der Waals surface area contributed by atoms with Gasteiger partial charge < -0.3 is 15.0 Å². The maximum atomic E-state index is 12.4. The van der Waals surface area contributed by atoms with E-state index in [1.54, 1.807) is 11.8 Å². The summed E-state index contributed by atoms with van der Waals surface area (Å²) in [6.07, 6.45) is -0.305. The number of halogens is 1. The minimum absolute atomic E-state index is 0.0931. The largest absolute Gasteiger partial charge is 0.479 e. The molecule has 3 rings (SSSR count). The molecular weight excluding hydrogens is 384 g/mol. The first kappa shape index (κ1) is 17.5. The molecule has 130 valence electrons. The van der Waals surface area contributed by atoms with E-state index in [0.29, 0.717) is 24.5 Å². The Morgan fingerprint density at radius 1 is 1.24 bits per heavy atom. The zero-order valence-corrected chi connectivity index (χ0v) is 15.5. The Kier molecular flexibility index (Phi) is 5.38. The Bertz CT molecular complexity index is 794. The number of amides is 2. The van der Waals surface area contributed by atoms with Gasteiger partial charge in [-0.3, -0.25) is 9.59 Å². The van der Waals surface area contributed by atoms with E-state index >= 15 is 0 Å². The van der Waals surface area contributed by atoms with Crippen molar-refractivity contribution >= 4 is 33.4 Å². The topological polar surface area (TPSA) is 58.6 Å². The molecule has 1 N–H and O–H groups in total. The molecule has 0 fully saturated rings. The number of rotatable bonds is 5. The van der Waals surface area contributed by atoms with E-state index in [2.05, 4.69) is 21.2 Å². The SMILES string of the molecule is C[C@H]1Oc2ccccc2N(CCC(=O)NCc2cccc(Br)c2)C1=O. The van der Waals surface area contributed by atoms with Crippen LogP contribution in [0.3, 0.4) is 0 Å². The monoisotopic (exact) mass is 402 g/mol. The molecule has 1 aliphatic heterocycles. The van der Waals surface area contributed by atoms with Crippen molar-refractivity contribution in [2.24, 2.45) is 0 Å². The number of hydrogen-bond acceptors (Lipinski definition) is 3. The molecule has 1 aliphatic rings. The maximum Gasteiger partial charge on any atom is 0.267 e. The van der Waals surface area contributed by atoms with E-state index in [-0.39, 0.29) is 18.2 Å². The smallest absolute Gasteiger partial charge is 0.267 e. The summed E-state index contributed by atoms with van der Waals surface area (Å²) in [4.78, 5) is 26.2. The van der Waals surface area contributed by atoms with Crippen molar-refractivity contribution < 1.29 is 14.3 Å². The van der Waals surface area contributed by atoms with E-state index in [1.807, 2.05) is 48.5 Å². The molecule has 1 heterocycles. The lowest BCUT2D eigenvalue weighted by molar-refractivity contribution is -0.125. The predicted octanol–water partition coefficient (Wildman–Crippen LogP) is 3.27. The number of benzene rings is 2. The molecule has 25 heavy (non-hydrogen) atoms. The Labute approximate surface area is 155 Å². The third kappa shape index (κ3) is 4.20. The lowest BCUT2D eigenvalue weighted by atomic mass is 10.1. The Hall–Kier alpha value is -2.34. The number of carbonyl (C=O) groups is 2. The van der Waals surface area contributed by atoms with Crippen LogP contribution in [0.4, 0.5) is 5.69 Å². The van der Waals surface area contributed by atoms with E-state index in [9.17, 15) is 9.59 Å². The van der Waals surface area contributed by atoms with Crippen LogP contribution in [0.1, 0.15) is 18.9 Å². The van der Waals surface area contributed by atoms with Gasteiger partial charge in [0.2, 0.25) is 5.91 Å². The van der Waals surface area contributed by atoms with Crippen molar-refractivity contribution in [1.29, 1.82) is 0 Å². The quantitative estimate of drug-likeness (QED) is 0.834. The first-order valence-electron chi connectivity index (χ1n) is 8.13. The van der Waals surface area contributed by atoms with Gasteiger partial charge in [-0.15, -0.1) is 0 Å². The molecule has 0 bridgehead atoms. The number of nitrogens with zero attached hydrogens (tertiary/aromatic N) is 1. The van der Waals surface area contributed by atoms with Crippen molar-refractivity contribution in [3.63, 3.8) is 0 Å². The lowest BCUT2D eigenvalue weighted by Gasteiger charge is -2.32. The highest BCUT2D eigenvalue weighted by atomic mass is 79.9. The van der Waals surface area contributed by atoms with E-state index in [1.165, 1.54) is 0 Å². The van der Waals surface area contributed by atoms with Crippen LogP contribution in [0.25, 0.3) is 0 Å². The molecule has 0 saturated carbocycles. The normalized spacial score (nSPS) is 16.2. The van der Waals surface area contributed by atoms with Crippen LogP contribution in [0.15, 0.2) is 53.0 Å². The highest BCUT2D eigenvalue weighted by molar-refractivity contribution is 9.10. The van der Waals surface area contributed by atoms with Crippen molar-refractivity contribution in [3.05, 3.63) is 58.6 Å². The first-order valence-corrected chi connectivity index (χ1v) is 8.92. The molecule has 2 aromatic carbocycles. The second-order valence-corrected chi connectivity index (χ2v) is 6.79. The fourth-order valence-corrected chi connectivity index (χ4v) is 3.19. The fraction of sp³-hybridized carbons (Fsp3) is 0.263. The van der Waals surface area contributed by atoms with Gasteiger partial charge in [-0.25, -0.2) is 0 Å². The second kappa shape index (κ2) is 7.70. The molecule has 2 amide bonds. The van der Waals surface area contributed by atoms with Gasteiger partial charge in [-0.1, -0.05) is 40.2 Å². The van der Waals surface area contributed by atoms with Crippen LogP contribution in [0.2, 0.25) is 0 Å². The summed E-state index contributed by atoms with van der Waals surface area (Å²) >= 11 is 3.41. The van der Waals surface area contributed by atoms with Crippen molar-refractivity contribution in [2.45, 2.75) is 26.0 Å². The molecule has 6 heteroatoms. The first-order chi connectivity index (χ1) is 12.0. The Morgan fingerprint density at radius 2 is 2.04 bits per heavy atom. The van der Waals surface area contributed by atoms with Crippen molar-refractivity contribution in [2.75, 3.05) is 11.4 Å². The van der Waals surface area contributed by atoms with Crippen molar-refractivity contribution in [3.8, 4) is 5.75 Å². The average molecular weight is 403 g/mol. The van der Waals surface area contributed by atoms with E-state index in [4.69, 9.17) is 4.74 Å². The zero-order valence-electron chi connectivity index (χ0n) is 13.9. The average Bonchev–Trinajstić information content (AvgIpc) is 2.60. The molecule has 2 aromatic rings. The minimum Gasteiger partial charge on any atom is -0.479 e. The molecule has 0 saturated heterocycles. The molecule has 0 unspecified atom stereocenters. The third-order valence-corrected chi connectivity index (χ3v) is 4.51. The van der Waals surface area contributed by atoms with Gasteiger partial charge in [0.25, 0.3) is 5.91 Å². The van der Waals surface area contributed by atoms with Crippen LogP contribution in [-0.4, -0.2) is 24.5 Å². The standard InChI is InChI=1S/C19H19BrN2O3/c1-13-19(24)22(16-7-2-3-8-17(16)25-13)10-9-18(23)21-12-14-5-4-6-15(20)11-14/h2-8,11,13H,9-10,12H2,1H3,(H,21,23)/t13-/m1/s1. The summed E-state index contributed by atoms with van der Waals surface area (Å²) < 4.78 is 6.58.